The van der Waals surface area contributed by atoms with E-state index in [-0.39, 0.29) is 18.3 Å². The number of carbonyl (C=O) groups excluding carboxylic acids is 2. The minimum Gasteiger partial charge on any atom is -0.481 e. The van der Waals surface area contributed by atoms with Crippen LogP contribution >= 0.6 is 0 Å². The maximum Gasteiger partial charge on any atom is 0.338 e. The fourth-order valence-electron chi connectivity index (χ4n) is 2.47. The van der Waals surface area contributed by atoms with E-state index in [2.05, 4.69) is 10.5 Å². The predicted octanol–water partition coefficient (Wildman–Crippen LogP) is 3.79. The van der Waals surface area contributed by atoms with Crippen LogP contribution < -0.4 is 10.2 Å². The van der Waals surface area contributed by atoms with Gasteiger partial charge in [-0.3, -0.25) is 4.79 Å². The van der Waals surface area contributed by atoms with Crippen LogP contribution in [0, 0.1) is 5.82 Å². The van der Waals surface area contributed by atoms with Gasteiger partial charge in [-0.25, -0.2) is 14.6 Å². The van der Waals surface area contributed by atoms with Crippen molar-refractivity contribution >= 4 is 18.1 Å². The van der Waals surface area contributed by atoms with Crippen LogP contribution in [0.15, 0.2) is 70.2 Å². The summed E-state index contributed by atoms with van der Waals surface area (Å²) in [5, 5.41) is 3.79. The average molecular weight is 410 g/mol. The summed E-state index contributed by atoms with van der Waals surface area (Å²) in [6.45, 7) is 1.68. The quantitative estimate of drug-likeness (QED) is 0.347. The molecule has 0 aliphatic heterocycles. The Morgan fingerprint density at radius 2 is 1.87 bits per heavy atom. The van der Waals surface area contributed by atoms with Crippen LogP contribution in [0.5, 0.6) is 5.75 Å². The van der Waals surface area contributed by atoms with E-state index in [1.807, 2.05) is 0 Å². The smallest absolute Gasteiger partial charge is 0.338 e. The molecule has 7 nitrogen and oxygen atoms in total. The van der Waals surface area contributed by atoms with Crippen LogP contribution in [0.3, 0.4) is 0 Å². The first-order valence-corrected chi connectivity index (χ1v) is 9.13. The van der Waals surface area contributed by atoms with Gasteiger partial charge in [0.2, 0.25) is 0 Å². The maximum absolute atomic E-state index is 13.4. The van der Waals surface area contributed by atoms with E-state index in [9.17, 15) is 14.0 Å². The molecule has 2 aromatic carbocycles. The van der Waals surface area contributed by atoms with Gasteiger partial charge in [0.1, 0.15) is 11.5 Å². The fourth-order valence-corrected chi connectivity index (χ4v) is 2.47. The van der Waals surface area contributed by atoms with Crippen molar-refractivity contribution in [2.45, 2.75) is 6.92 Å². The van der Waals surface area contributed by atoms with Crippen LogP contribution in [0.4, 0.5) is 4.39 Å². The van der Waals surface area contributed by atoms with E-state index in [4.69, 9.17) is 13.9 Å². The second kappa shape index (κ2) is 10.0. The second-order valence-electron chi connectivity index (χ2n) is 6.01. The van der Waals surface area contributed by atoms with Gasteiger partial charge < -0.3 is 13.9 Å². The monoisotopic (exact) mass is 410 g/mol. The number of rotatable bonds is 8. The number of hydrazone groups is 1. The van der Waals surface area contributed by atoms with Crippen molar-refractivity contribution in [3.8, 4) is 17.1 Å². The maximum atomic E-state index is 13.4. The van der Waals surface area contributed by atoms with Crippen LogP contribution in [0.25, 0.3) is 11.3 Å². The molecule has 0 fully saturated rings. The zero-order valence-corrected chi connectivity index (χ0v) is 16.1. The zero-order valence-electron chi connectivity index (χ0n) is 16.1. The number of benzene rings is 2. The van der Waals surface area contributed by atoms with Gasteiger partial charge in [0.15, 0.2) is 18.2 Å². The summed E-state index contributed by atoms with van der Waals surface area (Å²) in [5.41, 5.74) is 3.49. The summed E-state index contributed by atoms with van der Waals surface area (Å²) in [6, 6.07) is 16.0. The molecule has 0 aliphatic rings. The lowest BCUT2D eigenvalue weighted by atomic mass is 10.1. The first kappa shape index (κ1) is 20.8. The number of nitrogens with one attached hydrogen (secondary N) is 1. The highest BCUT2D eigenvalue weighted by molar-refractivity contribution is 5.90. The molecular weight excluding hydrogens is 391 g/mol. The lowest BCUT2D eigenvalue weighted by molar-refractivity contribution is -0.123. The van der Waals surface area contributed by atoms with Gasteiger partial charge >= 0.3 is 5.97 Å². The van der Waals surface area contributed by atoms with Crippen LogP contribution in [0.1, 0.15) is 23.0 Å². The Labute approximate surface area is 172 Å². The highest BCUT2D eigenvalue weighted by Crippen LogP contribution is 2.22. The fraction of sp³-hybridized carbons (Fsp3) is 0.136. The van der Waals surface area contributed by atoms with Crippen molar-refractivity contribution < 1.29 is 27.9 Å². The van der Waals surface area contributed by atoms with Gasteiger partial charge in [0.05, 0.1) is 18.4 Å². The normalized spacial score (nSPS) is 10.7. The Morgan fingerprint density at radius 1 is 1.10 bits per heavy atom. The van der Waals surface area contributed by atoms with Gasteiger partial charge in [-0.05, 0) is 43.3 Å². The summed E-state index contributed by atoms with van der Waals surface area (Å²) < 4.78 is 29.1. The van der Waals surface area contributed by atoms with Crippen molar-refractivity contribution in [3.05, 3.63) is 77.8 Å². The molecule has 1 aromatic heterocycles. The van der Waals surface area contributed by atoms with Crippen molar-refractivity contribution in [2.75, 3.05) is 13.2 Å². The van der Waals surface area contributed by atoms with Crippen LogP contribution in [-0.4, -0.2) is 31.3 Å². The summed E-state index contributed by atoms with van der Waals surface area (Å²) in [5.74, 6) is -0.508. The molecule has 3 rings (SSSR count). The minimum atomic E-state index is -0.549. The van der Waals surface area contributed by atoms with Crippen LogP contribution in [0.2, 0.25) is 0 Å². The predicted molar refractivity (Wildman–Crippen MR) is 108 cm³/mol. The van der Waals surface area contributed by atoms with Gasteiger partial charge in [-0.1, -0.05) is 24.3 Å². The number of esters is 1. The molecule has 8 heteroatoms. The first-order valence-electron chi connectivity index (χ1n) is 9.13. The Kier molecular flexibility index (Phi) is 6.94. The van der Waals surface area contributed by atoms with Crippen LogP contribution in [-0.2, 0) is 9.53 Å². The number of para-hydroxylation sites is 1. The molecule has 0 unspecified atom stereocenters. The van der Waals surface area contributed by atoms with Crippen molar-refractivity contribution in [1.82, 2.24) is 5.43 Å². The van der Waals surface area contributed by atoms with E-state index in [1.54, 1.807) is 49.4 Å². The Hall–Kier alpha value is -3.94. The molecule has 30 heavy (non-hydrogen) atoms. The van der Waals surface area contributed by atoms with Gasteiger partial charge in [0.25, 0.3) is 5.91 Å². The van der Waals surface area contributed by atoms with Gasteiger partial charge in [-0.2, -0.15) is 5.10 Å². The number of carbonyl (C=O) groups is 2. The Morgan fingerprint density at radius 3 is 2.60 bits per heavy atom. The second-order valence-corrected chi connectivity index (χ2v) is 6.01. The minimum absolute atomic E-state index is 0.0127. The Bertz CT molecular complexity index is 1040. The van der Waals surface area contributed by atoms with E-state index in [0.29, 0.717) is 23.7 Å². The molecule has 1 N–H and O–H groups in total. The number of furan rings is 1. The number of halogens is 1. The Balaban J connectivity index is 1.52. The lowest BCUT2D eigenvalue weighted by Crippen LogP contribution is -2.24. The molecule has 0 saturated heterocycles. The first-order chi connectivity index (χ1) is 14.6. The molecule has 0 atom stereocenters. The number of hydrogen-bond donors (Lipinski definition) is 1. The number of ether oxygens (including phenoxy) is 2. The molecule has 0 radical (unpaired) electrons. The average Bonchev–Trinajstić information content (AvgIpc) is 3.22. The number of nitrogens with zero attached hydrogens (tertiary/aromatic N) is 1. The molecule has 3 aromatic rings. The molecule has 154 valence electrons. The van der Waals surface area contributed by atoms with E-state index in [0.717, 1.165) is 5.56 Å². The summed E-state index contributed by atoms with van der Waals surface area (Å²) in [7, 11) is 0. The summed E-state index contributed by atoms with van der Waals surface area (Å²) in [4.78, 5) is 23.4. The highest BCUT2D eigenvalue weighted by atomic mass is 19.1. The topological polar surface area (TPSA) is 90.1 Å². The third kappa shape index (κ3) is 5.54. The molecule has 0 aliphatic carbocycles. The number of amides is 1. The molecule has 1 heterocycles. The van der Waals surface area contributed by atoms with E-state index >= 15 is 0 Å². The largest absolute Gasteiger partial charge is 0.481 e. The SMILES string of the molecule is CCOC(=O)c1ccc(-c2ccc(/C=N\NC(=O)COc3ccccc3F)o2)cc1. The molecular formula is C22H19FN2O5. The molecule has 1 amide bonds. The molecule has 0 saturated carbocycles. The van der Waals surface area contributed by atoms with E-state index < -0.39 is 11.7 Å². The zero-order chi connectivity index (χ0) is 21.3. The molecule has 0 spiro atoms. The number of hydrogen-bond acceptors (Lipinski definition) is 6. The third-order valence-corrected chi connectivity index (χ3v) is 3.88. The summed E-state index contributed by atoms with van der Waals surface area (Å²) in [6.07, 6.45) is 1.33. The van der Waals surface area contributed by atoms with Crippen molar-refractivity contribution in [2.24, 2.45) is 5.10 Å². The van der Waals surface area contributed by atoms with Crippen molar-refractivity contribution in [3.63, 3.8) is 0 Å². The third-order valence-electron chi connectivity index (χ3n) is 3.88. The van der Waals surface area contributed by atoms with Gasteiger partial charge in [-0.15, -0.1) is 0 Å². The highest BCUT2D eigenvalue weighted by Gasteiger charge is 2.09. The van der Waals surface area contributed by atoms with Gasteiger partial charge in [0, 0.05) is 5.56 Å². The summed E-state index contributed by atoms with van der Waals surface area (Å²) >= 11 is 0. The van der Waals surface area contributed by atoms with Crippen molar-refractivity contribution in [1.29, 1.82) is 0 Å². The lowest BCUT2D eigenvalue weighted by Gasteiger charge is -2.05. The molecule has 0 bridgehead atoms. The standard InChI is InChI=1S/C22H19FN2O5/c1-2-28-22(27)16-9-7-15(8-10-16)19-12-11-17(30-19)13-24-25-21(26)14-29-20-6-4-3-5-18(20)23/h3-13H,2,14H2,1H3,(H,25,26)/b24-13-. The van der Waals surface area contributed by atoms with E-state index in [1.165, 1.54) is 24.4 Å².